The average Bonchev–Trinajstić information content (AvgIpc) is 2.28. The molecule has 18 heavy (non-hydrogen) atoms. The zero-order chi connectivity index (χ0) is 13.6. The molecule has 1 aliphatic heterocycles. The third-order valence-electron chi connectivity index (χ3n) is 3.00. The van der Waals surface area contributed by atoms with Gasteiger partial charge in [0.05, 0.1) is 37.4 Å². The van der Waals surface area contributed by atoms with E-state index >= 15 is 0 Å². The molecule has 0 aromatic heterocycles. The fourth-order valence-electron chi connectivity index (χ4n) is 1.99. The minimum Gasteiger partial charge on any atom is -0.389 e. The predicted molar refractivity (Wildman–Crippen MR) is 68.4 cm³/mol. The minimum absolute atomic E-state index is 0.0441. The summed E-state index contributed by atoms with van der Waals surface area (Å²) in [5, 5.41) is 9.79. The number of sulfone groups is 1. The molecule has 0 radical (unpaired) electrons. The molecule has 1 heterocycles. The summed E-state index contributed by atoms with van der Waals surface area (Å²) in [5.74, 6) is 0.346. The second kappa shape index (κ2) is 7.40. The van der Waals surface area contributed by atoms with E-state index < -0.39 is 15.9 Å². The molecule has 6 nitrogen and oxygen atoms in total. The van der Waals surface area contributed by atoms with Crippen molar-refractivity contribution in [2.45, 2.75) is 19.1 Å². The molecular formula is C11H23NO5S. The van der Waals surface area contributed by atoms with Crippen molar-refractivity contribution in [3.05, 3.63) is 0 Å². The quantitative estimate of drug-likeness (QED) is 0.611. The number of rotatable bonds is 7. The van der Waals surface area contributed by atoms with Gasteiger partial charge in [-0.2, -0.15) is 0 Å². The Labute approximate surface area is 109 Å². The molecule has 0 bridgehead atoms. The maximum absolute atomic E-state index is 11.4. The van der Waals surface area contributed by atoms with Gasteiger partial charge in [-0.15, -0.1) is 0 Å². The first-order valence-electron chi connectivity index (χ1n) is 6.14. The predicted octanol–water partition coefficient (Wildman–Crippen LogP) is -0.871. The van der Waals surface area contributed by atoms with Crippen LogP contribution >= 0.6 is 0 Å². The SMILES string of the molecule is COCCOCC(O)CN1CCS(=O)(=O)CC1C. The topological polar surface area (TPSA) is 76.1 Å². The third kappa shape index (κ3) is 5.62. The molecule has 1 rings (SSSR count). The number of aliphatic hydroxyl groups is 1. The molecule has 1 N–H and O–H groups in total. The van der Waals surface area contributed by atoms with E-state index in [2.05, 4.69) is 0 Å². The number of hydrogen-bond acceptors (Lipinski definition) is 6. The molecule has 0 spiro atoms. The maximum atomic E-state index is 11.4. The molecule has 7 heteroatoms. The second-order valence-electron chi connectivity index (χ2n) is 4.68. The normalized spacial score (nSPS) is 26.1. The summed E-state index contributed by atoms with van der Waals surface area (Å²) in [5.41, 5.74) is 0. The molecule has 1 aliphatic rings. The van der Waals surface area contributed by atoms with Crippen molar-refractivity contribution in [1.82, 2.24) is 4.90 Å². The molecule has 0 aromatic rings. The molecule has 0 aromatic carbocycles. The van der Waals surface area contributed by atoms with Gasteiger partial charge in [-0.1, -0.05) is 0 Å². The van der Waals surface area contributed by atoms with Crippen LogP contribution in [0.4, 0.5) is 0 Å². The van der Waals surface area contributed by atoms with Gasteiger partial charge in [0.2, 0.25) is 0 Å². The Morgan fingerprint density at radius 1 is 1.44 bits per heavy atom. The summed E-state index contributed by atoms with van der Waals surface area (Å²) in [6.45, 7) is 4.01. The van der Waals surface area contributed by atoms with Crippen LogP contribution in [0.25, 0.3) is 0 Å². The second-order valence-corrected chi connectivity index (χ2v) is 6.91. The van der Waals surface area contributed by atoms with Crippen LogP contribution in [0, 0.1) is 0 Å². The standard InChI is InChI=1S/C11H23NO5S/c1-10-9-18(14,15)6-3-12(10)7-11(13)8-17-5-4-16-2/h10-11,13H,3-9H2,1-2H3. The highest BCUT2D eigenvalue weighted by Crippen LogP contribution is 2.11. The van der Waals surface area contributed by atoms with E-state index in [0.717, 1.165) is 0 Å². The minimum atomic E-state index is -2.90. The lowest BCUT2D eigenvalue weighted by Crippen LogP contribution is -2.50. The summed E-state index contributed by atoms with van der Waals surface area (Å²) in [6, 6.07) is -0.0441. The van der Waals surface area contributed by atoms with Gasteiger partial charge in [-0.05, 0) is 6.92 Å². The Morgan fingerprint density at radius 2 is 2.17 bits per heavy atom. The molecule has 1 fully saturated rings. The molecule has 2 atom stereocenters. The van der Waals surface area contributed by atoms with Crippen molar-refractivity contribution in [3.63, 3.8) is 0 Å². The number of methoxy groups -OCH3 is 1. The van der Waals surface area contributed by atoms with Gasteiger partial charge in [-0.25, -0.2) is 8.42 Å². The summed E-state index contributed by atoms with van der Waals surface area (Å²) >= 11 is 0. The number of nitrogens with zero attached hydrogens (tertiary/aromatic N) is 1. The zero-order valence-electron chi connectivity index (χ0n) is 11.0. The molecule has 1 saturated heterocycles. The summed E-state index contributed by atoms with van der Waals surface area (Å²) in [6.07, 6.45) is -0.592. The van der Waals surface area contributed by atoms with E-state index in [-0.39, 0.29) is 24.2 Å². The van der Waals surface area contributed by atoms with Crippen molar-refractivity contribution in [2.75, 3.05) is 51.5 Å². The number of β-amino-alcohol motifs (C(OH)–C–C–N with tert-alkyl or cyclic N) is 1. The molecule has 0 aliphatic carbocycles. The van der Waals surface area contributed by atoms with Crippen molar-refractivity contribution in [1.29, 1.82) is 0 Å². The van der Waals surface area contributed by atoms with E-state index in [9.17, 15) is 13.5 Å². The molecular weight excluding hydrogens is 258 g/mol. The van der Waals surface area contributed by atoms with Gasteiger partial charge in [0.25, 0.3) is 0 Å². The first-order chi connectivity index (χ1) is 8.44. The van der Waals surface area contributed by atoms with Gasteiger partial charge in [-0.3, -0.25) is 4.90 Å². The van der Waals surface area contributed by atoms with Gasteiger partial charge >= 0.3 is 0 Å². The van der Waals surface area contributed by atoms with E-state index in [4.69, 9.17) is 9.47 Å². The van der Waals surface area contributed by atoms with Gasteiger partial charge in [0, 0.05) is 26.2 Å². The molecule has 0 amide bonds. The highest BCUT2D eigenvalue weighted by atomic mass is 32.2. The van der Waals surface area contributed by atoms with Crippen molar-refractivity contribution in [3.8, 4) is 0 Å². The average molecular weight is 281 g/mol. The van der Waals surface area contributed by atoms with E-state index in [1.807, 2.05) is 11.8 Å². The summed E-state index contributed by atoms with van der Waals surface area (Å²) < 4.78 is 32.9. The molecule has 0 saturated carbocycles. The lowest BCUT2D eigenvalue weighted by atomic mass is 10.2. The maximum Gasteiger partial charge on any atom is 0.153 e. The van der Waals surface area contributed by atoms with Crippen LogP contribution < -0.4 is 0 Å². The Hall–Kier alpha value is -0.210. The largest absolute Gasteiger partial charge is 0.389 e. The van der Waals surface area contributed by atoms with Crippen LogP contribution in [0.1, 0.15) is 6.92 Å². The highest BCUT2D eigenvalue weighted by molar-refractivity contribution is 7.91. The highest BCUT2D eigenvalue weighted by Gasteiger charge is 2.29. The first-order valence-corrected chi connectivity index (χ1v) is 7.96. The van der Waals surface area contributed by atoms with Crippen LogP contribution in [-0.4, -0.2) is 82.1 Å². The fraction of sp³-hybridized carbons (Fsp3) is 1.00. The van der Waals surface area contributed by atoms with Gasteiger partial charge in [0.15, 0.2) is 9.84 Å². The van der Waals surface area contributed by atoms with Crippen molar-refractivity contribution < 1.29 is 23.0 Å². The third-order valence-corrected chi connectivity index (χ3v) is 4.79. The van der Waals surface area contributed by atoms with Crippen LogP contribution in [0.15, 0.2) is 0 Å². The Kier molecular flexibility index (Phi) is 6.51. The van der Waals surface area contributed by atoms with Crippen molar-refractivity contribution >= 4 is 9.84 Å². The van der Waals surface area contributed by atoms with Crippen molar-refractivity contribution in [2.24, 2.45) is 0 Å². The van der Waals surface area contributed by atoms with Crippen LogP contribution in [-0.2, 0) is 19.3 Å². The monoisotopic (exact) mass is 281 g/mol. The van der Waals surface area contributed by atoms with Gasteiger partial charge in [0.1, 0.15) is 0 Å². The molecule has 108 valence electrons. The Morgan fingerprint density at radius 3 is 2.78 bits per heavy atom. The van der Waals surface area contributed by atoms with E-state index in [1.165, 1.54) is 0 Å². The Bertz CT molecular complexity index is 332. The zero-order valence-corrected chi connectivity index (χ0v) is 11.9. The smallest absolute Gasteiger partial charge is 0.153 e. The fourth-order valence-corrected chi connectivity index (χ4v) is 3.61. The van der Waals surface area contributed by atoms with Gasteiger partial charge < -0.3 is 14.6 Å². The van der Waals surface area contributed by atoms with Crippen LogP contribution in [0.3, 0.4) is 0 Å². The van der Waals surface area contributed by atoms with Crippen LogP contribution in [0.5, 0.6) is 0 Å². The number of aliphatic hydroxyl groups excluding tert-OH is 1. The van der Waals surface area contributed by atoms with E-state index in [1.54, 1.807) is 7.11 Å². The van der Waals surface area contributed by atoms with E-state index in [0.29, 0.717) is 26.3 Å². The lowest BCUT2D eigenvalue weighted by molar-refractivity contribution is -0.00395. The number of hydrogen-bond donors (Lipinski definition) is 1. The Balaban J connectivity index is 2.25. The molecule has 2 unspecified atom stereocenters. The number of ether oxygens (including phenoxy) is 2. The van der Waals surface area contributed by atoms with Crippen LogP contribution in [0.2, 0.25) is 0 Å². The summed E-state index contributed by atoms with van der Waals surface area (Å²) in [7, 11) is -1.30. The lowest BCUT2D eigenvalue weighted by Gasteiger charge is -2.34. The summed E-state index contributed by atoms with van der Waals surface area (Å²) in [4.78, 5) is 1.99. The first kappa shape index (κ1) is 15.8.